The Hall–Kier alpha value is -2.33. The summed E-state index contributed by atoms with van der Waals surface area (Å²) in [6.45, 7) is 11.0. The van der Waals surface area contributed by atoms with Gasteiger partial charge in [-0.3, -0.25) is 9.79 Å². The van der Waals surface area contributed by atoms with Gasteiger partial charge in [-0.05, 0) is 56.3 Å². The first-order valence-electron chi connectivity index (χ1n) is 8.06. The summed E-state index contributed by atoms with van der Waals surface area (Å²) in [5.74, 6) is -0.882. The standard InChI is InChI=1S/C21H23NO2S/c1-6-9-18(19(22-5)25-21(3,4)20(23)24)17-13-12-14(2)15-10-7-8-11-16(15)17/h6-13H,5H2,1-4H3,(H,23,24)/b9-6-,19-18-. The normalized spacial score (nSPS) is 13.1. The Labute approximate surface area is 153 Å². The third kappa shape index (κ3) is 4.02. The SMILES string of the molecule is C=N/C(SC(C)(C)C(=O)O)=C(\C=C/C)c1ccc(C)c2ccccc12. The number of hydrogen-bond donors (Lipinski definition) is 1. The largest absolute Gasteiger partial charge is 0.480 e. The summed E-state index contributed by atoms with van der Waals surface area (Å²) in [7, 11) is 0. The molecule has 2 aromatic rings. The van der Waals surface area contributed by atoms with Crippen LogP contribution in [0.15, 0.2) is 58.6 Å². The van der Waals surface area contributed by atoms with Gasteiger partial charge in [0.05, 0.1) is 0 Å². The zero-order chi connectivity index (χ0) is 18.6. The number of carbonyl (C=O) groups is 1. The van der Waals surface area contributed by atoms with Crippen LogP contribution in [-0.2, 0) is 4.79 Å². The van der Waals surface area contributed by atoms with Gasteiger partial charge in [-0.15, -0.1) is 0 Å². The fraction of sp³-hybridized carbons (Fsp3) is 0.238. The van der Waals surface area contributed by atoms with E-state index in [1.165, 1.54) is 22.7 Å². The van der Waals surface area contributed by atoms with E-state index in [9.17, 15) is 9.90 Å². The van der Waals surface area contributed by atoms with E-state index in [-0.39, 0.29) is 0 Å². The topological polar surface area (TPSA) is 49.7 Å². The third-order valence-electron chi connectivity index (χ3n) is 4.01. The molecule has 0 bridgehead atoms. The highest BCUT2D eigenvalue weighted by Crippen LogP contribution is 2.39. The first-order chi connectivity index (χ1) is 11.8. The van der Waals surface area contributed by atoms with Crippen molar-refractivity contribution in [2.75, 3.05) is 0 Å². The van der Waals surface area contributed by atoms with E-state index in [0.717, 1.165) is 16.5 Å². The van der Waals surface area contributed by atoms with Crippen LogP contribution < -0.4 is 0 Å². The maximum Gasteiger partial charge on any atom is 0.319 e. The van der Waals surface area contributed by atoms with Crippen LogP contribution >= 0.6 is 11.8 Å². The molecule has 4 heteroatoms. The van der Waals surface area contributed by atoms with Gasteiger partial charge in [-0.1, -0.05) is 60.3 Å². The average molecular weight is 353 g/mol. The molecule has 0 saturated carbocycles. The van der Waals surface area contributed by atoms with Crippen LogP contribution in [0.25, 0.3) is 16.3 Å². The molecule has 0 aliphatic carbocycles. The lowest BCUT2D eigenvalue weighted by Crippen LogP contribution is -2.27. The highest BCUT2D eigenvalue weighted by atomic mass is 32.2. The second-order valence-corrected chi connectivity index (χ2v) is 7.88. The van der Waals surface area contributed by atoms with Gasteiger partial charge in [0.1, 0.15) is 9.78 Å². The number of fused-ring (bicyclic) bond motifs is 1. The van der Waals surface area contributed by atoms with E-state index in [1.54, 1.807) is 13.8 Å². The number of hydrogen-bond acceptors (Lipinski definition) is 3. The predicted molar refractivity (Wildman–Crippen MR) is 109 cm³/mol. The summed E-state index contributed by atoms with van der Waals surface area (Å²) in [6, 6.07) is 12.3. The zero-order valence-corrected chi connectivity index (χ0v) is 15.9. The lowest BCUT2D eigenvalue weighted by atomic mass is 9.95. The quantitative estimate of drug-likeness (QED) is 0.536. The van der Waals surface area contributed by atoms with Crippen molar-refractivity contribution >= 4 is 40.8 Å². The van der Waals surface area contributed by atoms with Gasteiger partial charge in [0.2, 0.25) is 0 Å². The van der Waals surface area contributed by atoms with Crippen LogP contribution in [0.1, 0.15) is 31.9 Å². The van der Waals surface area contributed by atoms with Crippen molar-refractivity contribution in [2.45, 2.75) is 32.4 Å². The second kappa shape index (κ2) is 7.70. The van der Waals surface area contributed by atoms with Crippen molar-refractivity contribution in [1.82, 2.24) is 0 Å². The monoisotopic (exact) mass is 353 g/mol. The van der Waals surface area contributed by atoms with Crippen LogP contribution in [-0.4, -0.2) is 22.5 Å². The molecule has 0 spiro atoms. The summed E-state index contributed by atoms with van der Waals surface area (Å²) in [4.78, 5) is 15.7. The molecule has 0 aliphatic rings. The number of carboxylic acid groups (broad SMARTS) is 1. The highest BCUT2D eigenvalue weighted by Gasteiger charge is 2.30. The summed E-state index contributed by atoms with van der Waals surface area (Å²) in [5, 5.41) is 12.4. The van der Waals surface area contributed by atoms with Crippen molar-refractivity contribution < 1.29 is 9.90 Å². The Morgan fingerprint density at radius 3 is 2.40 bits per heavy atom. The lowest BCUT2D eigenvalue weighted by molar-refractivity contribution is -0.138. The van der Waals surface area contributed by atoms with Crippen LogP contribution in [0.2, 0.25) is 0 Å². The van der Waals surface area contributed by atoms with E-state index >= 15 is 0 Å². The van der Waals surface area contributed by atoms with Crippen LogP contribution in [0.3, 0.4) is 0 Å². The molecule has 0 saturated heterocycles. The minimum atomic E-state index is -0.996. The maximum atomic E-state index is 11.5. The van der Waals surface area contributed by atoms with Gasteiger partial charge in [-0.2, -0.15) is 0 Å². The molecular weight excluding hydrogens is 330 g/mol. The molecule has 0 radical (unpaired) electrons. The molecule has 0 unspecified atom stereocenters. The molecule has 0 amide bonds. The van der Waals surface area contributed by atoms with Crippen molar-refractivity contribution in [3.63, 3.8) is 0 Å². The predicted octanol–water partition coefficient (Wildman–Crippen LogP) is 5.69. The van der Waals surface area contributed by atoms with Crippen LogP contribution in [0.4, 0.5) is 0 Å². The summed E-state index contributed by atoms with van der Waals surface area (Å²) in [5.41, 5.74) is 3.11. The zero-order valence-electron chi connectivity index (χ0n) is 15.0. The smallest absolute Gasteiger partial charge is 0.319 e. The number of rotatable bonds is 6. The van der Waals surface area contributed by atoms with Gasteiger partial charge >= 0.3 is 5.97 Å². The molecule has 2 aromatic carbocycles. The fourth-order valence-corrected chi connectivity index (χ4v) is 3.51. The first-order valence-corrected chi connectivity index (χ1v) is 8.88. The third-order valence-corrected chi connectivity index (χ3v) is 5.23. The number of carboxylic acids is 1. The maximum absolute atomic E-state index is 11.5. The Bertz CT molecular complexity index is 879. The number of nitrogens with zero attached hydrogens (tertiary/aromatic N) is 1. The molecule has 3 nitrogen and oxygen atoms in total. The van der Waals surface area contributed by atoms with Crippen molar-refractivity contribution in [3.8, 4) is 0 Å². The Balaban J connectivity index is 2.75. The van der Waals surface area contributed by atoms with Crippen molar-refractivity contribution in [3.05, 3.63) is 64.7 Å². The van der Waals surface area contributed by atoms with Gasteiger partial charge in [0.15, 0.2) is 0 Å². The Kier molecular flexibility index (Phi) is 5.85. The molecule has 2 rings (SSSR count). The van der Waals surface area contributed by atoms with E-state index < -0.39 is 10.7 Å². The average Bonchev–Trinajstić information content (AvgIpc) is 2.59. The summed E-state index contributed by atoms with van der Waals surface area (Å²) >= 11 is 1.21. The molecule has 0 atom stereocenters. The lowest BCUT2D eigenvalue weighted by Gasteiger charge is -2.20. The molecule has 25 heavy (non-hydrogen) atoms. The number of aryl methyl sites for hydroxylation is 1. The Morgan fingerprint density at radius 2 is 1.84 bits per heavy atom. The second-order valence-electron chi connectivity index (χ2n) is 6.27. The molecule has 0 aliphatic heterocycles. The molecule has 130 valence electrons. The minimum absolute atomic E-state index is 0.611. The van der Waals surface area contributed by atoms with Gasteiger partial charge in [-0.25, -0.2) is 0 Å². The Morgan fingerprint density at radius 1 is 1.20 bits per heavy atom. The van der Waals surface area contributed by atoms with E-state index in [4.69, 9.17) is 0 Å². The molecule has 0 heterocycles. The highest BCUT2D eigenvalue weighted by molar-refractivity contribution is 8.05. The van der Waals surface area contributed by atoms with Crippen molar-refractivity contribution in [1.29, 1.82) is 0 Å². The number of thioether (sulfide) groups is 1. The van der Waals surface area contributed by atoms with Crippen LogP contribution in [0, 0.1) is 6.92 Å². The van der Waals surface area contributed by atoms with E-state index in [2.05, 4.69) is 42.9 Å². The first kappa shape index (κ1) is 19.0. The summed E-state index contributed by atoms with van der Waals surface area (Å²) in [6.07, 6.45) is 3.90. The number of aliphatic carboxylic acids is 1. The summed E-state index contributed by atoms with van der Waals surface area (Å²) < 4.78 is -0.996. The van der Waals surface area contributed by atoms with Crippen LogP contribution in [0.5, 0.6) is 0 Å². The van der Waals surface area contributed by atoms with Gasteiger partial charge in [0, 0.05) is 5.57 Å². The van der Waals surface area contributed by atoms with E-state index in [0.29, 0.717) is 5.03 Å². The van der Waals surface area contributed by atoms with Gasteiger partial charge in [0.25, 0.3) is 0 Å². The number of allylic oxidation sites excluding steroid dienone is 3. The molecule has 0 fully saturated rings. The molecule has 1 N–H and O–H groups in total. The fourth-order valence-electron chi connectivity index (χ4n) is 2.59. The van der Waals surface area contributed by atoms with Gasteiger partial charge < -0.3 is 5.11 Å². The molecular formula is C21H23NO2S. The number of aliphatic imine (C=N–C) groups is 1. The molecule has 0 aromatic heterocycles. The van der Waals surface area contributed by atoms with E-state index in [1.807, 2.05) is 31.2 Å². The number of benzene rings is 2. The minimum Gasteiger partial charge on any atom is -0.480 e. The van der Waals surface area contributed by atoms with Crippen molar-refractivity contribution in [2.24, 2.45) is 4.99 Å².